The number of amides is 1. The van der Waals surface area contributed by atoms with Crippen molar-refractivity contribution in [1.29, 1.82) is 0 Å². The van der Waals surface area contributed by atoms with Gasteiger partial charge in [-0.2, -0.15) is 0 Å². The first kappa shape index (κ1) is 28.3. The Balaban J connectivity index is 1.33. The van der Waals surface area contributed by atoms with Crippen LogP contribution in [-0.2, 0) is 9.63 Å². The van der Waals surface area contributed by atoms with Crippen molar-refractivity contribution in [2.45, 2.75) is 72.1 Å². The van der Waals surface area contributed by atoms with Gasteiger partial charge < -0.3 is 14.7 Å². The number of hydrogen-bond acceptors (Lipinski definition) is 5. The number of likely N-dealkylation sites (N-methyl/N-ethyl adjacent to an activating group) is 2. The molecule has 0 aliphatic heterocycles. The van der Waals surface area contributed by atoms with E-state index < -0.39 is 0 Å². The van der Waals surface area contributed by atoms with Gasteiger partial charge in [0, 0.05) is 39.0 Å². The Labute approximate surface area is 224 Å². The molecular weight excluding hydrogens is 464 g/mol. The van der Waals surface area contributed by atoms with Gasteiger partial charge in [0.25, 0.3) is 0 Å². The number of nitrogens with one attached hydrogen (secondary N) is 1. The van der Waals surface area contributed by atoms with Crippen molar-refractivity contribution in [3.8, 4) is 0 Å². The summed E-state index contributed by atoms with van der Waals surface area (Å²) in [5.41, 5.74) is 2.82. The molecule has 208 valence electrons. The summed E-state index contributed by atoms with van der Waals surface area (Å²) in [5, 5.41) is 7.78. The Morgan fingerprint density at radius 3 is 2.59 bits per heavy atom. The fourth-order valence-corrected chi connectivity index (χ4v) is 8.37. The number of carbonyl (C=O) groups is 2. The van der Waals surface area contributed by atoms with Crippen molar-refractivity contribution in [3.05, 3.63) is 11.6 Å². The number of ketones is 1. The minimum Gasteiger partial charge on any atom is -0.330 e. The number of hydrogen-bond donors (Lipinski definition) is 1. The molecular formula is C30H51N4O3+. The van der Waals surface area contributed by atoms with E-state index in [1.54, 1.807) is 11.9 Å². The van der Waals surface area contributed by atoms with E-state index in [0.717, 1.165) is 55.0 Å². The predicted octanol–water partition coefficient (Wildman–Crippen LogP) is 4.87. The lowest BCUT2D eigenvalue weighted by molar-refractivity contribution is -0.869. The van der Waals surface area contributed by atoms with Crippen LogP contribution < -0.4 is 5.32 Å². The fourth-order valence-electron chi connectivity index (χ4n) is 8.37. The number of oxime groups is 1. The van der Waals surface area contributed by atoms with Crippen LogP contribution in [0.4, 0.5) is 4.79 Å². The SMILES string of the molecule is C/C(=N\OC(=O)N(C)CCNCC[N+](C)(C)C)[C@H]1CC[C@H]2[C@@H]3CCC4=CC(=O)CC[C@]4(C)[C@H]3CC[C@]12C. The highest BCUT2D eigenvalue weighted by atomic mass is 16.7. The van der Waals surface area contributed by atoms with Crippen LogP contribution in [0.2, 0.25) is 0 Å². The third kappa shape index (κ3) is 5.83. The largest absolute Gasteiger partial charge is 0.435 e. The smallest absolute Gasteiger partial charge is 0.330 e. The maximum Gasteiger partial charge on any atom is 0.435 e. The van der Waals surface area contributed by atoms with Crippen LogP contribution in [0.5, 0.6) is 0 Å². The van der Waals surface area contributed by atoms with E-state index in [0.29, 0.717) is 36.5 Å². The predicted molar refractivity (Wildman–Crippen MR) is 148 cm³/mol. The molecule has 0 spiro atoms. The zero-order valence-corrected chi connectivity index (χ0v) is 24.4. The second kappa shape index (κ2) is 10.8. The summed E-state index contributed by atoms with van der Waals surface area (Å²) in [6.45, 7) is 10.3. The maximum atomic E-state index is 12.6. The van der Waals surface area contributed by atoms with Gasteiger partial charge in [0.2, 0.25) is 0 Å². The molecule has 0 bridgehead atoms. The lowest BCUT2D eigenvalue weighted by Crippen LogP contribution is -2.51. The molecule has 4 aliphatic carbocycles. The van der Waals surface area contributed by atoms with E-state index in [1.165, 1.54) is 31.3 Å². The summed E-state index contributed by atoms with van der Waals surface area (Å²) in [7, 11) is 8.29. The highest BCUT2D eigenvalue weighted by Crippen LogP contribution is 2.66. The highest BCUT2D eigenvalue weighted by molar-refractivity contribution is 5.91. The molecule has 0 aromatic carbocycles. The van der Waals surface area contributed by atoms with E-state index >= 15 is 0 Å². The molecule has 7 heteroatoms. The van der Waals surface area contributed by atoms with Crippen molar-refractivity contribution in [1.82, 2.24) is 10.2 Å². The Morgan fingerprint density at radius 2 is 1.86 bits per heavy atom. The Bertz CT molecular complexity index is 938. The van der Waals surface area contributed by atoms with Gasteiger partial charge in [-0.15, -0.1) is 0 Å². The number of rotatable bonds is 8. The van der Waals surface area contributed by atoms with Crippen LogP contribution in [0.3, 0.4) is 0 Å². The molecule has 0 saturated heterocycles. The summed E-state index contributed by atoms with van der Waals surface area (Å²) >= 11 is 0. The molecule has 6 atom stereocenters. The van der Waals surface area contributed by atoms with Gasteiger partial charge in [-0.3, -0.25) is 9.63 Å². The van der Waals surface area contributed by atoms with Crippen molar-refractivity contribution in [3.63, 3.8) is 0 Å². The third-order valence-electron chi connectivity index (χ3n) is 10.6. The quantitative estimate of drug-likeness (QED) is 0.165. The summed E-state index contributed by atoms with van der Waals surface area (Å²) in [6, 6.07) is 0. The minimum atomic E-state index is -0.387. The van der Waals surface area contributed by atoms with Crippen LogP contribution in [0, 0.1) is 34.5 Å². The van der Waals surface area contributed by atoms with Crippen LogP contribution >= 0.6 is 0 Å². The van der Waals surface area contributed by atoms with Gasteiger partial charge >= 0.3 is 6.09 Å². The second-order valence-electron chi connectivity index (χ2n) is 13.9. The monoisotopic (exact) mass is 515 g/mol. The van der Waals surface area contributed by atoms with E-state index in [9.17, 15) is 9.59 Å². The standard InChI is InChI=1S/C30H51N4O3/c1-21(32-37-28(36)33(4)18-16-31-17-19-34(5,6)7)25-10-11-26-24-9-8-22-20-23(35)12-14-29(22,2)27(24)13-15-30(25,26)3/h20,24-27,31H,8-19H2,1-7H3/q+1/b32-21+/t24-,25+,26-,27-,29-,30+/m0/s1. The first-order valence-corrected chi connectivity index (χ1v) is 14.6. The van der Waals surface area contributed by atoms with Crippen LogP contribution in [0.1, 0.15) is 72.1 Å². The topological polar surface area (TPSA) is 71.0 Å². The molecule has 37 heavy (non-hydrogen) atoms. The summed E-state index contributed by atoms with van der Waals surface area (Å²) in [4.78, 5) is 31.7. The highest BCUT2D eigenvalue weighted by Gasteiger charge is 2.59. The molecule has 1 amide bonds. The van der Waals surface area contributed by atoms with E-state index in [4.69, 9.17) is 4.84 Å². The first-order chi connectivity index (χ1) is 17.3. The summed E-state index contributed by atoms with van der Waals surface area (Å²) in [5.74, 6) is 2.80. The Morgan fingerprint density at radius 1 is 1.11 bits per heavy atom. The van der Waals surface area contributed by atoms with Crippen LogP contribution in [0.15, 0.2) is 16.8 Å². The molecule has 4 aliphatic rings. The van der Waals surface area contributed by atoms with E-state index in [1.807, 2.05) is 6.08 Å². The molecule has 7 nitrogen and oxygen atoms in total. The van der Waals surface area contributed by atoms with Crippen molar-refractivity contribution >= 4 is 17.6 Å². The number of nitrogens with zero attached hydrogens (tertiary/aromatic N) is 3. The zero-order valence-electron chi connectivity index (χ0n) is 24.4. The van der Waals surface area contributed by atoms with Crippen molar-refractivity contribution in [2.24, 2.45) is 39.7 Å². The van der Waals surface area contributed by atoms with Gasteiger partial charge in [-0.05, 0) is 86.5 Å². The molecule has 0 unspecified atom stereocenters. The Hall–Kier alpha value is -1.73. The van der Waals surface area contributed by atoms with Crippen molar-refractivity contribution < 1.29 is 18.9 Å². The van der Waals surface area contributed by atoms with Crippen molar-refractivity contribution in [2.75, 3.05) is 54.4 Å². The van der Waals surface area contributed by atoms with Gasteiger partial charge in [0.15, 0.2) is 5.78 Å². The summed E-state index contributed by atoms with van der Waals surface area (Å²) in [6.07, 6.45) is 10.4. The molecule has 0 heterocycles. The average Bonchev–Trinajstić information content (AvgIpc) is 3.19. The Kier molecular flexibility index (Phi) is 8.25. The number of quaternary nitrogens is 1. The maximum absolute atomic E-state index is 12.6. The lowest BCUT2D eigenvalue weighted by Gasteiger charge is -2.58. The number of allylic oxidation sites excluding steroid dienone is 1. The number of fused-ring (bicyclic) bond motifs is 5. The molecule has 0 aromatic heterocycles. The van der Waals surface area contributed by atoms with Gasteiger partial charge in [0.1, 0.15) is 0 Å². The van der Waals surface area contributed by atoms with Gasteiger partial charge in [0.05, 0.1) is 33.4 Å². The average molecular weight is 516 g/mol. The van der Waals surface area contributed by atoms with Gasteiger partial charge in [-0.25, -0.2) is 4.79 Å². The summed E-state index contributed by atoms with van der Waals surface area (Å²) < 4.78 is 0.916. The second-order valence-corrected chi connectivity index (χ2v) is 13.9. The van der Waals surface area contributed by atoms with Gasteiger partial charge in [-0.1, -0.05) is 24.6 Å². The van der Waals surface area contributed by atoms with E-state index in [2.05, 4.69) is 52.4 Å². The zero-order chi connectivity index (χ0) is 27.0. The molecule has 4 rings (SSSR count). The van der Waals surface area contributed by atoms with Crippen LogP contribution in [0.25, 0.3) is 0 Å². The molecule has 0 radical (unpaired) electrons. The minimum absolute atomic E-state index is 0.209. The third-order valence-corrected chi connectivity index (χ3v) is 10.6. The van der Waals surface area contributed by atoms with E-state index in [-0.39, 0.29) is 16.9 Å². The van der Waals surface area contributed by atoms with Crippen LogP contribution in [-0.4, -0.2) is 81.3 Å². The molecule has 3 fully saturated rings. The molecule has 1 N–H and O–H groups in total. The molecule has 0 aromatic rings. The molecule has 3 saturated carbocycles. The normalized spacial score (nSPS) is 35.8. The fraction of sp³-hybridized carbons (Fsp3) is 0.833. The first-order valence-electron chi connectivity index (χ1n) is 14.6. The number of carbonyl (C=O) groups excluding carboxylic acids is 2. The lowest BCUT2D eigenvalue weighted by atomic mass is 9.46.